The van der Waals surface area contributed by atoms with Crippen molar-refractivity contribution in [1.82, 2.24) is 0 Å². The third-order valence-electron chi connectivity index (χ3n) is 4.76. The molecule has 0 aromatic heterocycles. The second-order valence-corrected chi connectivity index (χ2v) is 9.11. The fraction of sp³-hybridized carbons (Fsp3) is 0.130. The van der Waals surface area contributed by atoms with Crippen LogP contribution in [0.4, 0.5) is 0 Å². The van der Waals surface area contributed by atoms with Gasteiger partial charge in [0.05, 0.1) is 6.42 Å². The van der Waals surface area contributed by atoms with Crippen LogP contribution in [-0.2, 0) is 9.53 Å². The monoisotopic (exact) mass is 486 g/mol. The molecule has 146 valence electrons. The van der Waals surface area contributed by atoms with E-state index in [4.69, 9.17) is 16.3 Å². The van der Waals surface area contributed by atoms with Crippen molar-refractivity contribution in [3.05, 3.63) is 92.9 Å². The van der Waals surface area contributed by atoms with Crippen molar-refractivity contribution in [2.75, 3.05) is 6.61 Å². The predicted octanol–water partition coefficient (Wildman–Crippen LogP) is 6.52. The molecule has 0 saturated heterocycles. The third-order valence-corrected chi connectivity index (χ3v) is 6.71. The summed E-state index contributed by atoms with van der Waals surface area (Å²) in [6, 6.07) is 20.7. The molecule has 1 atom stereocenters. The van der Waals surface area contributed by atoms with Crippen LogP contribution in [0, 0.1) is 0 Å². The lowest BCUT2D eigenvalue weighted by Gasteiger charge is -2.27. The van der Waals surface area contributed by atoms with Gasteiger partial charge in [0.25, 0.3) is 0 Å². The standard InChI is InChI=1S/C23H16BrClO3S/c24-15-7-5-14(6-8-15)20(26)13-28-23(27)12-18-17-3-1-2-4-21(17)29-22-10-9-16(25)11-19(18)22/h1-11,18H,12-13H2/t18-/m0/s1. The Kier molecular flexibility index (Phi) is 6.09. The van der Waals surface area contributed by atoms with E-state index >= 15 is 0 Å². The first-order chi connectivity index (χ1) is 14.0. The minimum atomic E-state index is -0.409. The zero-order valence-electron chi connectivity index (χ0n) is 15.2. The Hall–Kier alpha value is -2.08. The highest BCUT2D eigenvalue weighted by atomic mass is 79.9. The van der Waals surface area contributed by atoms with Crippen LogP contribution in [0.1, 0.15) is 33.8 Å². The number of Topliss-reactive ketones (excluding diaryl/α,β-unsaturated/α-hetero) is 1. The number of esters is 1. The molecule has 0 spiro atoms. The molecule has 1 aliphatic heterocycles. The van der Waals surface area contributed by atoms with Crippen LogP contribution in [0.15, 0.2) is 81.0 Å². The number of fused-ring (bicyclic) bond motifs is 2. The molecule has 0 bridgehead atoms. The van der Waals surface area contributed by atoms with Crippen LogP contribution >= 0.6 is 39.3 Å². The maximum Gasteiger partial charge on any atom is 0.307 e. The lowest BCUT2D eigenvalue weighted by Crippen LogP contribution is -2.18. The molecule has 0 fully saturated rings. The average molecular weight is 488 g/mol. The van der Waals surface area contributed by atoms with Crippen molar-refractivity contribution in [1.29, 1.82) is 0 Å². The lowest BCUT2D eigenvalue weighted by molar-refractivity contribution is -0.142. The summed E-state index contributed by atoms with van der Waals surface area (Å²) in [6.07, 6.45) is 0.151. The van der Waals surface area contributed by atoms with Gasteiger partial charge in [0.1, 0.15) is 0 Å². The van der Waals surface area contributed by atoms with E-state index in [-0.39, 0.29) is 24.7 Å². The molecule has 3 aromatic rings. The average Bonchev–Trinajstić information content (AvgIpc) is 2.73. The normalized spacial score (nSPS) is 14.6. The van der Waals surface area contributed by atoms with Crippen molar-refractivity contribution in [3.63, 3.8) is 0 Å². The van der Waals surface area contributed by atoms with Crippen molar-refractivity contribution in [2.24, 2.45) is 0 Å². The van der Waals surface area contributed by atoms with E-state index in [1.807, 2.05) is 42.5 Å². The van der Waals surface area contributed by atoms with E-state index in [1.165, 1.54) is 0 Å². The molecule has 0 amide bonds. The first kappa shape index (κ1) is 20.2. The molecule has 0 N–H and O–H groups in total. The Morgan fingerprint density at radius 2 is 1.69 bits per heavy atom. The number of carbonyl (C=O) groups excluding carboxylic acids is 2. The lowest BCUT2D eigenvalue weighted by atomic mass is 9.88. The largest absolute Gasteiger partial charge is 0.457 e. The van der Waals surface area contributed by atoms with Crippen molar-refractivity contribution >= 4 is 51.0 Å². The molecule has 0 aliphatic carbocycles. The summed E-state index contributed by atoms with van der Waals surface area (Å²) in [5.74, 6) is -0.793. The number of hydrogen-bond donors (Lipinski definition) is 0. The highest BCUT2D eigenvalue weighted by Crippen LogP contribution is 2.47. The van der Waals surface area contributed by atoms with Gasteiger partial charge in [-0.2, -0.15) is 0 Å². The Morgan fingerprint density at radius 3 is 2.48 bits per heavy atom. The predicted molar refractivity (Wildman–Crippen MR) is 118 cm³/mol. The van der Waals surface area contributed by atoms with Crippen LogP contribution in [0.25, 0.3) is 0 Å². The van der Waals surface area contributed by atoms with Crippen molar-refractivity contribution < 1.29 is 14.3 Å². The van der Waals surface area contributed by atoms with Gasteiger partial charge in [0.15, 0.2) is 12.4 Å². The van der Waals surface area contributed by atoms with Gasteiger partial charge in [0, 0.05) is 30.8 Å². The summed E-state index contributed by atoms with van der Waals surface area (Å²) in [5.41, 5.74) is 2.60. The van der Waals surface area contributed by atoms with Gasteiger partial charge in [-0.15, -0.1) is 0 Å². The highest BCUT2D eigenvalue weighted by molar-refractivity contribution is 9.10. The molecule has 0 unspecified atom stereocenters. The van der Waals surface area contributed by atoms with E-state index in [2.05, 4.69) is 15.9 Å². The minimum absolute atomic E-state index is 0.151. The van der Waals surface area contributed by atoms with Gasteiger partial charge in [-0.1, -0.05) is 69.6 Å². The van der Waals surface area contributed by atoms with Crippen molar-refractivity contribution in [3.8, 4) is 0 Å². The molecule has 4 rings (SSSR count). The number of halogens is 2. The summed E-state index contributed by atoms with van der Waals surface area (Å²) in [4.78, 5) is 27.1. The first-order valence-corrected chi connectivity index (χ1v) is 11.0. The molecule has 3 nitrogen and oxygen atoms in total. The van der Waals surface area contributed by atoms with Gasteiger partial charge in [-0.05, 0) is 47.5 Å². The topological polar surface area (TPSA) is 43.4 Å². The third kappa shape index (κ3) is 4.58. The van der Waals surface area contributed by atoms with Crippen molar-refractivity contribution in [2.45, 2.75) is 22.1 Å². The Labute approximate surface area is 186 Å². The van der Waals surface area contributed by atoms with Gasteiger partial charge >= 0.3 is 5.97 Å². The number of carbonyl (C=O) groups is 2. The number of ether oxygens (including phenoxy) is 1. The fourth-order valence-corrected chi connectivity index (χ4v) is 4.95. The van der Waals surface area contributed by atoms with E-state index in [0.717, 1.165) is 25.4 Å². The summed E-state index contributed by atoms with van der Waals surface area (Å²) in [5, 5.41) is 0.632. The van der Waals surface area contributed by atoms with E-state index in [0.29, 0.717) is 10.6 Å². The molecule has 0 saturated carbocycles. The molecule has 6 heteroatoms. The van der Waals surface area contributed by atoms with Crippen LogP contribution < -0.4 is 0 Å². The number of ketones is 1. The van der Waals surface area contributed by atoms with Crippen LogP contribution in [-0.4, -0.2) is 18.4 Å². The molecule has 0 radical (unpaired) electrons. The van der Waals surface area contributed by atoms with Crippen LogP contribution in [0.3, 0.4) is 0 Å². The van der Waals surface area contributed by atoms with Gasteiger partial charge in [-0.3, -0.25) is 9.59 Å². The molecule has 1 aliphatic rings. The SMILES string of the molecule is O=C(C[C@H]1c2ccccc2Sc2ccc(Cl)cc21)OCC(=O)c1ccc(Br)cc1. The Balaban J connectivity index is 1.50. The molecule has 3 aromatic carbocycles. The summed E-state index contributed by atoms with van der Waals surface area (Å²) in [6.45, 7) is -0.272. The maximum absolute atomic E-state index is 12.6. The van der Waals surface area contributed by atoms with E-state index < -0.39 is 5.97 Å². The number of hydrogen-bond acceptors (Lipinski definition) is 4. The molecular formula is C23H16BrClO3S. The Bertz CT molecular complexity index is 1080. The highest BCUT2D eigenvalue weighted by Gasteiger charge is 2.29. The summed E-state index contributed by atoms with van der Waals surface area (Å²) >= 11 is 11.2. The van der Waals surface area contributed by atoms with Gasteiger partial charge in [0.2, 0.25) is 0 Å². The number of rotatable bonds is 5. The summed E-state index contributed by atoms with van der Waals surface area (Å²) in [7, 11) is 0. The second-order valence-electron chi connectivity index (χ2n) is 6.67. The quantitative estimate of drug-likeness (QED) is 0.304. The van der Waals surface area contributed by atoms with Gasteiger partial charge in [-0.25, -0.2) is 0 Å². The first-order valence-electron chi connectivity index (χ1n) is 9.02. The molecule has 29 heavy (non-hydrogen) atoms. The minimum Gasteiger partial charge on any atom is -0.457 e. The van der Waals surface area contributed by atoms with E-state index in [1.54, 1.807) is 36.0 Å². The zero-order chi connectivity index (χ0) is 20.4. The van der Waals surface area contributed by atoms with Crippen LogP contribution in [0.5, 0.6) is 0 Å². The van der Waals surface area contributed by atoms with Gasteiger partial charge < -0.3 is 4.74 Å². The maximum atomic E-state index is 12.6. The molecule has 1 heterocycles. The Morgan fingerprint density at radius 1 is 0.966 bits per heavy atom. The second kappa shape index (κ2) is 8.74. The fourth-order valence-electron chi connectivity index (χ4n) is 3.34. The number of benzene rings is 3. The van der Waals surface area contributed by atoms with E-state index in [9.17, 15) is 9.59 Å². The smallest absolute Gasteiger partial charge is 0.307 e. The van der Waals surface area contributed by atoms with Crippen LogP contribution in [0.2, 0.25) is 5.02 Å². The molecular weight excluding hydrogens is 472 g/mol. The summed E-state index contributed by atoms with van der Waals surface area (Å²) < 4.78 is 6.20. The zero-order valence-corrected chi connectivity index (χ0v) is 18.4.